The second-order valence-corrected chi connectivity index (χ2v) is 12.4. The number of ether oxygens (including phenoxy) is 2. The minimum absolute atomic E-state index is 0.488. The van der Waals surface area contributed by atoms with E-state index in [9.17, 15) is 9.59 Å². The van der Waals surface area contributed by atoms with E-state index in [1.165, 1.54) is 0 Å². The molecule has 0 aliphatic rings. The summed E-state index contributed by atoms with van der Waals surface area (Å²) in [6, 6.07) is 23.5. The Morgan fingerprint density at radius 2 is 1.00 bits per heavy atom. The van der Waals surface area contributed by atoms with E-state index in [2.05, 4.69) is 9.97 Å². The molecule has 45 heavy (non-hydrogen) atoms. The van der Waals surface area contributed by atoms with Gasteiger partial charge in [0.05, 0.1) is 10.0 Å². The van der Waals surface area contributed by atoms with E-state index in [-0.39, 0.29) is 0 Å². The van der Waals surface area contributed by atoms with Gasteiger partial charge in [-0.15, -0.1) is 0 Å². The fourth-order valence-corrected chi connectivity index (χ4v) is 7.29. The van der Waals surface area contributed by atoms with Crippen molar-refractivity contribution in [3.63, 3.8) is 0 Å². The molecule has 0 saturated heterocycles. The van der Waals surface area contributed by atoms with Crippen molar-refractivity contribution in [2.24, 2.45) is 0 Å². The molecule has 232 valence electrons. The van der Waals surface area contributed by atoms with Crippen LogP contribution in [0.2, 0.25) is 10.0 Å². The van der Waals surface area contributed by atoms with Gasteiger partial charge < -0.3 is 19.4 Å². The van der Waals surface area contributed by atoms with E-state index in [1.807, 2.05) is 100 Å². The monoisotopic (exact) mass is 642 g/mol. The third-order valence-corrected chi connectivity index (χ3v) is 10.0. The van der Waals surface area contributed by atoms with Crippen molar-refractivity contribution >= 4 is 78.8 Å². The van der Waals surface area contributed by atoms with Crippen LogP contribution in [0.3, 0.4) is 0 Å². The van der Waals surface area contributed by atoms with Gasteiger partial charge in [-0.3, -0.25) is 9.59 Å². The zero-order valence-electron chi connectivity index (χ0n) is 25.9. The van der Waals surface area contributed by atoms with Crippen molar-refractivity contribution in [2.45, 2.75) is 71.0 Å². The number of fused-ring (bicyclic) bond motifs is 6. The molecule has 0 unspecified atom stereocenters. The Balaban J connectivity index is 1.23. The van der Waals surface area contributed by atoms with Gasteiger partial charge in [0.1, 0.15) is 17.6 Å². The summed E-state index contributed by atoms with van der Waals surface area (Å²) >= 11 is 13.0. The van der Waals surface area contributed by atoms with Crippen LogP contribution in [0.5, 0.6) is 0 Å². The number of H-pyrrole nitrogens is 2. The zero-order chi connectivity index (χ0) is 31.9. The highest BCUT2D eigenvalue weighted by atomic mass is 35.5. The number of halogens is 2. The molecule has 6 aromatic rings. The first-order chi connectivity index (χ1) is 21.7. The predicted molar refractivity (Wildman–Crippen MR) is 183 cm³/mol. The number of carbonyl (C=O) groups is 2. The number of benzene rings is 4. The van der Waals surface area contributed by atoms with Crippen molar-refractivity contribution in [1.82, 2.24) is 9.97 Å². The molecular formula is C37H36Cl2N2O4. The molecule has 0 atom stereocenters. The van der Waals surface area contributed by atoms with Crippen LogP contribution in [0, 0.1) is 0 Å². The summed E-state index contributed by atoms with van der Waals surface area (Å²) in [4.78, 5) is 33.6. The SMILES string of the molecule is CCC(CC)(OC(=O)CC(=O)OC(CC)(CC)c1ccc2c(c1)[nH]c1cccc(Cl)c12)c1ccc2c(c1)[nH]c1cccc(Cl)c12. The van der Waals surface area contributed by atoms with Gasteiger partial charge in [0, 0.05) is 43.6 Å². The molecular weight excluding hydrogens is 607 g/mol. The van der Waals surface area contributed by atoms with Crippen molar-refractivity contribution in [2.75, 3.05) is 0 Å². The van der Waals surface area contributed by atoms with E-state index in [1.54, 1.807) is 0 Å². The van der Waals surface area contributed by atoms with Gasteiger partial charge in [0.15, 0.2) is 0 Å². The number of rotatable bonds is 10. The van der Waals surface area contributed by atoms with E-state index >= 15 is 0 Å². The smallest absolute Gasteiger partial charge is 0.318 e. The third-order valence-electron chi connectivity index (χ3n) is 9.39. The van der Waals surface area contributed by atoms with Crippen molar-refractivity contribution in [1.29, 1.82) is 0 Å². The number of hydrogen-bond acceptors (Lipinski definition) is 4. The maximum absolute atomic E-state index is 13.3. The lowest BCUT2D eigenvalue weighted by Gasteiger charge is -2.34. The highest BCUT2D eigenvalue weighted by molar-refractivity contribution is 6.38. The normalized spacial score (nSPS) is 12.4. The summed E-state index contributed by atoms with van der Waals surface area (Å²) < 4.78 is 12.3. The fraction of sp³-hybridized carbons (Fsp3) is 0.297. The van der Waals surface area contributed by atoms with E-state index in [0.29, 0.717) is 35.7 Å². The van der Waals surface area contributed by atoms with E-state index in [4.69, 9.17) is 32.7 Å². The topological polar surface area (TPSA) is 84.2 Å². The molecule has 0 bridgehead atoms. The van der Waals surface area contributed by atoms with Crippen LogP contribution in [0.25, 0.3) is 43.6 Å². The molecule has 0 aliphatic heterocycles. The van der Waals surface area contributed by atoms with Gasteiger partial charge in [0.2, 0.25) is 0 Å². The van der Waals surface area contributed by atoms with Gasteiger partial charge in [0.25, 0.3) is 0 Å². The van der Waals surface area contributed by atoms with Gasteiger partial charge >= 0.3 is 11.9 Å². The van der Waals surface area contributed by atoms with Crippen molar-refractivity contribution in [3.8, 4) is 0 Å². The second-order valence-electron chi connectivity index (χ2n) is 11.6. The molecule has 4 aromatic carbocycles. The second kappa shape index (κ2) is 12.1. The van der Waals surface area contributed by atoms with Crippen molar-refractivity contribution < 1.29 is 19.1 Å². The molecule has 2 N–H and O–H groups in total. The first-order valence-corrected chi connectivity index (χ1v) is 16.3. The summed E-state index contributed by atoms with van der Waals surface area (Å²) in [5, 5.41) is 5.27. The third kappa shape index (κ3) is 5.34. The fourth-order valence-electron chi connectivity index (χ4n) is 6.74. The summed E-state index contributed by atoms with van der Waals surface area (Å²) in [6.07, 6.45) is 1.68. The van der Waals surface area contributed by atoms with Gasteiger partial charge in [-0.2, -0.15) is 0 Å². The Labute approximate surface area is 272 Å². The lowest BCUT2D eigenvalue weighted by molar-refractivity contribution is -0.174. The molecule has 0 radical (unpaired) electrons. The van der Waals surface area contributed by atoms with Crippen LogP contribution < -0.4 is 0 Å². The molecule has 6 rings (SSSR count). The summed E-state index contributed by atoms with van der Waals surface area (Å²) in [5.74, 6) is -1.24. The Bertz CT molecular complexity index is 1920. The highest BCUT2D eigenvalue weighted by Gasteiger charge is 2.37. The standard InChI is InChI=1S/C37H36Cl2N2O4/c1-5-36(6-2,22-15-17-24-30(19-22)40-28-13-9-11-26(38)34(24)28)44-32(42)21-33(43)45-37(7-3,8-4)23-16-18-25-31(20-23)41-29-14-10-12-27(39)35(25)29/h9-20,40-41H,5-8,21H2,1-4H3. The Kier molecular flexibility index (Phi) is 8.31. The highest BCUT2D eigenvalue weighted by Crippen LogP contribution is 2.40. The molecule has 8 heteroatoms. The molecule has 6 nitrogen and oxygen atoms in total. The maximum Gasteiger partial charge on any atom is 0.318 e. The molecule has 0 fully saturated rings. The first-order valence-electron chi connectivity index (χ1n) is 15.5. The van der Waals surface area contributed by atoms with Crippen LogP contribution in [-0.2, 0) is 30.3 Å². The lowest BCUT2D eigenvalue weighted by Crippen LogP contribution is -2.35. The largest absolute Gasteiger partial charge is 0.454 e. The molecule has 2 aromatic heterocycles. The molecule has 0 spiro atoms. The summed E-state index contributed by atoms with van der Waals surface area (Å²) in [7, 11) is 0. The maximum atomic E-state index is 13.3. The number of hydrogen-bond donors (Lipinski definition) is 2. The molecule has 0 amide bonds. The van der Waals surface area contributed by atoms with E-state index < -0.39 is 29.6 Å². The quantitative estimate of drug-likeness (QED) is 0.115. The van der Waals surface area contributed by atoms with Gasteiger partial charge in [-0.05, 0) is 73.2 Å². The average Bonchev–Trinajstić information content (AvgIpc) is 3.61. The number of aromatic nitrogens is 2. The predicted octanol–water partition coefficient (Wildman–Crippen LogP) is 10.5. The Morgan fingerprint density at radius 1 is 0.600 bits per heavy atom. The first kappa shape index (κ1) is 31.0. The number of carbonyl (C=O) groups excluding carboxylic acids is 2. The number of aromatic amines is 2. The number of esters is 2. The summed E-state index contributed by atoms with van der Waals surface area (Å²) in [5.41, 5.74) is 3.60. The Hall–Kier alpha value is -4.00. The molecule has 0 saturated carbocycles. The van der Waals surface area contributed by atoms with Crippen LogP contribution >= 0.6 is 23.2 Å². The zero-order valence-corrected chi connectivity index (χ0v) is 27.4. The van der Waals surface area contributed by atoms with Gasteiger partial charge in [-0.1, -0.05) is 87.3 Å². The van der Waals surface area contributed by atoms with Crippen LogP contribution in [0.4, 0.5) is 0 Å². The van der Waals surface area contributed by atoms with Crippen LogP contribution in [-0.4, -0.2) is 21.9 Å². The molecule has 2 heterocycles. The number of nitrogens with one attached hydrogen (secondary N) is 2. The Morgan fingerprint density at radius 3 is 1.38 bits per heavy atom. The van der Waals surface area contributed by atoms with Crippen LogP contribution in [0.15, 0.2) is 72.8 Å². The lowest BCUT2D eigenvalue weighted by atomic mass is 9.87. The minimum Gasteiger partial charge on any atom is -0.454 e. The van der Waals surface area contributed by atoms with Gasteiger partial charge in [-0.25, -0.2) is 0 Å². The van der Waals surface area contributed by atoms with E-state index in [0.717, 1.165) is 54.7 Å². The minimum atomic E-state index is -0.902. The average molecular weight is 644 g/mol. The van der Waals surface area contributed by atoms with Crippen molar-refractivity contribution in [3.05, 3.63) is 94.0 Å². The molecule has 0 aliphatic carbocycles. The summed E-state index contributed by atoms with van der Waals surface area (Å²) in [6.45, 7) is 7.92. The van der Waals surface area contributed by atoms with Crippen LogP contribution in [0.1, 0.15) is 70.9 Å².